The van der Waals surface area contributed by atoms with Crippen LogP contribution < -0.4 is 9.47 Å². The Morgan fingerprint density at radius 3 is 1.10 bits per heavy atom. The van der Waals surface area contributed by atoms with Crippen LogP contribution in [0, 0.1) is 11.6 Å². The van der Waals surface area contributed by atoms with Crippen molar-refractivity contribution in [3.8, 4) is 33.8 Å². The molecular formula is C30H22F2O8. The molecule has 0 aromatic heterocycles. The van der Waals surface area contributed by atoms with E-state index >= 15 is 0 Å². The van der Waals surface area contributed by atoms with Crippen LogP contribution in [-0.2, 0) is 9.59 Å². The molecular weight excluding hydrogens is 526 g/mol. The van der Waals surface area contributed by atoms with Crippen LogP contribution in [0.1, 0.15) is 34.6 Å². The zero-order valence-electron chi connectivity index (χ0n) is 21.2. The summed E-state index contributed by atoms with van der Waals surface area (Å²) in [5.74, 6) is -4.38. The molecule has 0 fully saturated rings. The molecule has 0 unspecified atom stereocenters. The first-order chi connectivity index (χ1) is 18.9. The number of carbonyl (C=O) groups is 4. The van der Waals surface area contributed by atoms with E-state index < -0.39 is 23.9 Å². The molecule has 0 saturated heterocycles. The average Bonchev–Trinajstić information content (AvgIpc) is 2.89. The highest BCUT2D eigenvalue weighted by Crippen LogP contribution is 2.28. The fourth-order valence-electron chi connectivity index (χ4n) is 3.53. The highest BCUT2D eigenvalue weighted by atomic mass is 19.1. The first-order valence-electron chi connectivity index (χ1n) is 11.6. The van der Waals surface area contributed by atoms with E-state index in [0.717, 1.165) is 0 Å². The zero-order valence-corrected chi connectivity index (χ0v) is 21.2. The molecule has 8 nitrogen and oxygen atoms in total. The molecule has 0 radical (unpaired) electrons. The molecule has 4 aromatic carbocycles. The van der Waals surface area contributed by atoms with Gasteiger partial charge in [-0.25, -0.2) is 18.4 Å². The van der Waals surface area contributed by atoms with Crippen molar-refractivity contribution in [3.63, 3.8) is 0 Å². The molecule has 0 spiro atoms. The molecule has 40 heavy (non-hydrogen) atoms. The van der Waals surface area contributed by atoms with E-state index in [0.29, 0.717) is 22.3 Å². The van der Waals surface area contributed by atoms with Gasteiger partial charge in [-0.15, -0.1) is 0 Å². The third-order valence-corrected chi connectivity index (χ3v) is 5.28. The predicted molar refractivity (Wildman–Crippen MR) is 140 cm³/mol. The maximum absolute atomic E-state index is 12.9. The van der Waals surface area contributed by atoms with Crippen LogP contribution in [0.2, 0.25) is 0 Å². The molecule has 2 N–H and O–H groups in total. The van der Waals surface area contributed by atoms with Crippen molar-refractivity contribution in [2.45, 2.75) is 13.8 Å². The lowest BCUT2D eigenvalue weighted by Gasteiger charge is -2.08. The first kappa shape index (κ1) is 29.2. The number of carboxylic acid groups (broad SMARTS) is 2. The number of benzene rings is 4. The van der Waals surface area contributed by atoms with E-state index in [-0.39, 0.29) is 34.3 Å². The molecule has 0 aliphatic heterocycles. The summed E-state index contributed by atoms with van der Waals surface area (Å²) < 4.78 is 35.4. The summed E-state index contributed by atoms with van der Waals surface area (Å²) in [6.45, 7) is 2.39. The average molecular weight is 548 g/mol. The van der Waals surface area contributed by atoms with Crippen LogP contribution in [0.25, 0.3) is 22.3 Å². The molecule has 0 heterocycles. The minimum atomic E-state index is -1.20. The monoisotopic (exact) mass is 548 g/mol. The molecule has 4 rings (SSSR count). The van der Waals surface area contributed by atoms with Crippen LogP contribution in [0.4, 0.5) is 8.78 Å². The summed E-state index contributed by atoms with van der Waals surface area (Å²) in [6.07, 6.45) is 0. The number of carbonyl (C=O) groups excluding carboxylic acids is 2. The van der Waals surface area contributed by atoms with E-state index in [4.69, 9.17) is 19.7 Å². The molecule has 0 bridgehead atoms. The SMILES string of the molecule is CC(=O)Oc1ccc(-c2ccc(F)cc2)cc1C(=O)O.CC(=O)Oc1ccc(-c2ccc(F)cc2)cc1C(=O)O. The Morgan fingerprint density at radius 2 is 0.825 bits per heavy atom. The standard InChI is InChI=1S/2C15H11FO4/c2*1-9(17)20-14-7-4-11(8-13(14)15(18)19)10-2-5-12(16)6-3-10/h2*2-8H,1H3,(H,18,19). The minimum Gasteiger partial charge on any atom is -0.478 e. The van der Waals surface area contributed by atoms with Gasteiger partial charge in [-0.2, -0.15) is 0 Å². The largest absolute Gasteiger partial charge is 0.478 e. The summed E-state index contributed by atoms with van der Waals surface area (Å²) in [7, 11) is 0. The number of ether oxygens (including phenoxy) is 2. The van der Waals surface area contributed by atoms with Crippen LogP contribution >= 0.6 is 0 Å². The van der Waals surface area contributed by atoms with Gasteiger partial charge in [0.15, 0.2) is 0 Å². The number of aromatic carboxylic acids is 2. The molecule has 0 atom stereocenters. The van der Waals surface area contributed by atoms with Gasteiger partial charge in [-0.3, -0.25) is 9.59 Å². The number of hydrogen-bond acceptors (Lipinski definition) is 6. The first-order valence-corrected chi connectivity index (χ1v) is 11.6. The Balaban J connectivity index is 0.000000220. The van der Waals surface area contributed by atoms with Crippen molar-refractivity contribution in [1.29, 1.82) is 0 Å². The Labute approximate surface area is 227 Å². The highest BCUT2D eigenvalue weighted by Gasteiger charge is 2.16. The maximum atomic E-state index is 12.9. The Hall–Kier alpha value is -5.38. The third-order valence-electron chi connectivity index (χ3n) is 5.28. The van der Waals surface area contributed by atoms with Crippen molar-refractivity contribution in [2.75, 3.05) is 0 Å². The molecule has 0 aliphatic rings. The molecule has 10 heteroatoms. The smallest absolute Gasteiger partial charge is 0.339 e. The quantitative estimate of drug-likeness (QED) is 0.214. The van der Waals surface area contributed by atoms with Gasteiger partial charge >= 0.3 is 23.9 Å². The third kappa shape index (κ3) is 7.81. The molecule has 204 valence electrons. The highest BCUT2D eigenvalue weighted by molar-refractivity contribution is 5.94. The minimum absolute atomic E-state index is 0.0177. The Morgan fingerprint density at radius 1 is 0.525 bits per heavy atom. The number of carboxylic acids is 2. The topological polar surface area (TPSA) is 127 Å². The van der Waals surface area contributed by atoms with E-state index in [1.807, 2.05) is 0 Å². The molecule has 4 aromatic rings. The predicted octanol–water partition coefficient (Wildman–Crippen LogP) is 6.23. The van der Waals surface area contributed by atoms with Crippen LogP contribution in [0.15, 0.2) is 84.9 Å². The van der Waals surface area contributed by atoms with Gasteiger partial charge in [-0.05, 0) is 70.8 Å². The number of halogens is 2. The maximum Gasteiger partial charge on any atom is 0.339 e. The second kappa shape index (κ2) is 12.9. The van der Waals surface area contributed by atoms with Crippen molar-refractivity contribution in [2.24, 2.45) is 0 Å². The summed E-state index contributed by atoms with van der Waals surface area (Å²) >= 11 is 0. The number of rotatable bonds is 6. The van der Waals surface area contributed by atoms with Gasteiger partial charge in [0.1, 0.15) is 34.3 Å². The Kier molecular flexibility index (Phi) is 9.43. The summed E-state index contributed by atoms with van der Waals surface area (Å²) in [5.41, 5.74) is 2.28. The molecule has 0 saturated carbocycles. The Bertz CT molecular complexity index is 1440. The number of esters is 2. The van der Waals surface area contributed by atoms with Crippen molar-refractivity contribution in [1.82, 2.24) is 0 Å². The zero-order chi connectivity index (χ0) is 29.4. The summed E-state index contributed by atoms with van der Waals surface area (Å²) in [6, 6.07) is 20.1. The van der Waals surface area contributed by atoms with Gasteiger partial charge in [0.05, 0.1) is 0 Å². The van der Waals surface area contributed by atoms with Crippen LogP contribution in [0.5, 0.6) is 11.5 Å². The van der Waals surface area contributed by atoms with E-state index in [1.165, 1.54) is 62.4 Å². The van der Waals surface area contributed by atoms with Crippen molar-refractivity contribution in [3.05, 3.63) is 108 Å². The van der Waals surface area contributed by atoms with E-state index in [9.17, 15) is 28.0 Å². The van der Waals surface area contributed by atoms with E-state index in [1.54, 1.807) is 36.4 Å². The number of hydrogen-bond donors (Lipinski definition) is 2. The second-order valence-corrected chi connectivity index (χ2v) is 8.23. The van der Waals surface area contributed by atoms with Crippen LogP contribution in [0.3, 0.4) is 0 Å². The normalized spacial score (nSPS) is 10.1. The summed E-state index contributed by atoms with van der Waals surface area (Å²) in [5, 5.41) is 18.3. The molecule has 0 aliphatic carbocycles. The van der Waals surface area contributed by atoms with Gasteiger partial charge < -0.3 is 19.7 Å². The lowest BCUT2D eigenvalue weighted by molar-refractivity contribution is -0.132. The van der Waals surface area contributed by atoms with E-state index in [2.05, 4.69) is 0 Å². The second-order valence-electron chi connectivity index (χ2n) is 8.23. The fraction of sp³-hybridized carbons (Fsp3) is 0.0667. The fourth-order valence-corrected chi connectivity index (χ4v) is 3.53. The van der Waals surface area contributed by atoms with Gasteiger partial charge in [0, 0.05) is 13.8 Å². The van der Waals surface area contributed by atoms with Crippen molar-refractivity contribution >= 4 is 23.9 Å². The lowest BCUT2D eigenvalue weighted by atomic mass is 10.0. The lowest BCUT2D eigenvalue weighted by Crippen LogP contribution is -2.07. The van der Waals surface area contributed by atoms with Gasteiger partial charge in [0.25, 0.3) is 0 Å². The van der Waals surface area contributed by atoms with Gasteiger partial charge in [0.2, 0.25) is 0 Å². The summed E-state index contributed by atoms with van der Waals surface area (Å²) in [4.78, 5) is 44.2. The molecule has 0 amide bonds. The van der Waals surface area contributed by atoms with Crippen LogP contribution in [-0.4, -0.2) is 34.1 Å². The van der Waals surface area contributed by atoms with Gasteiger partial charge in [-0.1, -0.05) is 36.4 Å². The van der Waals surface area contributed by atoms with Crippen molar-refractivity contribution < 1.29 is 47.6 Å².